The van der Waals surface area contributed by atoms with E-state index in [1.165, 1.54) is 0 Å². The van der Waals surface area contributed by atoms with Crippen molar-refractivity contribution in [3.63, 3.8) is 0 Å². The number of carbonyl (C=O) groups is 1. The standard InChI is InChI=1S/C13H16F2N2O/c14-9-5-8(6-10(15)7-9)13(18)17-12-4-2-1-3-11(12)16/h5-7,11-12H,1-4,16H2,(H,17,18)/t11-,12-/m1/s1. The second-order valence-electron chi connectivity index (χ2n) is 4.69. The molecule has 1 aliphatic carbocycles. The summed E-state index contributed by atoms with van der Waals surface area (Å²) in [4.78, 5) is 11.9. The molecule has 1 amide bonds. The van der Waals surface area contributed by atoms with E-state index in [1.54, 1.807) is 0 Å². The van der Waals surface area contributed by atoms with Crippen LogP contribution in [0.2, 0.25) is 0 Å². The van der Waals surface area contributed by atoms with Gasteiger partial charge in [-0.15, -0.1) is 0 Å². The van der Waals surface area contributed by atoms with Crippen LogP contribution in [0.4, 0.5) is 8.78 Å². The third kappa shape index (κ3) is 3.04. The number of nitrogens with one attached hydrogen (secondary N) is 1. The second-order valence-corrected chi connectivity index (χ2v) is 4.69. The zero-order valence-electron chi connectivity index (χ0n) is 9.96. The lowest BCUT2D eigenvalue weighted by Crippen LogP contribution is -2.49. The van der Waals surface area contributed by atoms with Gasteiger partial charge >= 0.3 is 0 Å². The number of amides is 1. The quantitative estimate of drug-likeness (QED) is 0.847. The summed E-state index contributed by atoms with van der Waals surface area (Å²) >= 11 is 0. The van der Waals surface area contributed by atoms with E-state index < -0.39 is 17.5 Å². The molecule has 0 radical (unpaired) electrons. The SMILES string of the molecule is N[C@@H]1CCCC[C@H]1NC(=O)c1cc(F)cc(F)c1. The first kappa shape index (κ1) is 13.0. The van der Waals surface area contributed by atoms with Crippen molar-refractivity contribution in [2.75, 3.05) is 0 Å². The molecule has 3 N–H and O–H groups in total. The first-order valence-corrected chi connectivity index (χ1v) is 6.09. The Kier molecular flexibility index (Phi) is 3.91. The summed E-state index contributed by atoms with van der Waals surface area (Å²) in [6.45, 7) is 0. The van der Waals surface area contributed by atoms with Gasteiger partial charge in [-0.1, -0.05) is 12.8 Å². The van der Waals surface area contributed by atoms with Gasteiger partial charge in [0.1, 0.15) is 11.6 Å². The summed E-state index contributed by atoms with van der Waals surface area (Å²) in [5.41, 5.74) is 5.89. The Bertz CT molecular complexity index is 430. The van der Waals surface area contributed by atoms with Gasteiger partial charge in [0.2, 0.25) is 0 Å². The molecule has 0 aliphatic heterocycles. The molecule has 98 valence electrons. The number of carbonyl (C=O) groups excluding carboxylic acids is 1. The number of nitrogens with two attached hydrogens (primary N) is 1. The molecule has 5 heteroatoms. The summed E-state index contributed by atoms with van der Waals surface area (Å²) in [7, 11) is 0. The van der Waals surface area contributed by atoms with Gasteiger partial charge in [-0.2, -0.15) is 0 Å². The van der Waals surface area contributed by atoms with Crippen molar-refractivity contribution in [3.8, 4) is 0 Å². The molecule has 0 aromatic heterocycles. The van der Waals surface area contributed by atoms with Gasteiger partial charge in [0.15, 0.2) is 0 Å². The van der Waals surface area contributed by atoms with Gasteiger partial charge in [0.05, 0.1) is 0 Å². The molecule has 1 aromatic carbocycles. The van der Waals surface area contributed by atoms with Crippen LogP contribution in [0.1, 0.15) is 36.0 Å². The van der Waals surface area contributed by atoms with E-state index >= 15 is 0 Å². The van der Waals surface area contributed by atoms with Crippen LogP contribution in [-0.4, -0.2) is 18.0 Å². The molecule has 1 saturated carbocycles. The fourth-order valence-electron chi connectivity index (χ4n) is 2.28. The minimum Gasteiger partial charge on any atom is -0.348 e. The van der Waals surface area contributed by atoms with Gasteiger partial charge in [0, 0.05) is 23.7 Å². The monoisotopic (exact) mass is 254 g/mol. The lowest BCUT2D eigenvalue weighted by Gasteiger charge is -2.29. The largest absolute Gasteiger partial charge is 0.348 e. The number of halogens is 2. The highest BCUT2D eigenvalue weighted by molar-refractivity contribution is 5.94. The van der Waals surface area contributed by atoms with E-state index in [2.05, 4.69) is 5.32 Å². The first-order chi connectivity index (χ1) is 8.56. The summed E-state index contributed by atoms with van der Waals surface area (Å²) < 4.78 is 26.0. The van der Waals surface area contributed by atoms with E-state index in [0.717, 1.165) is 43.9 Å². The maximum absolute atomic E-state index is 13.0. The molecule has 0 bridgehead atoms. The molecular weight excluding hydrogens is 238 g/mol. The Hall–Kier alpha value is -1.49. The van der Waals surface area contributed by atoms with Crippen molar-refractivity contribution < 1.29 is 13.6 Å². The fraction of sp³-hybridized carbons (Fsp3) is 0.462. The predicted octanol–water partition coefficient (Wildman–Crippen LogP) is 1.96. The third-order valence-electron chi connectivity index (χ3n) is 3.26. The highest BCUT2D eigenvalue weighted by Gasteiger charge is 2.23. The van der Waals surface area contributed by atoms with Gasteiger partial charge < -0.3 is 11.1 Å². The molecular formula is C13H16F2N2O. The van der Waals surface area contributed by atoms with E-state index in [-0.39, 0.29) is 17.6 Å². The van der Waals surface area contributed by atoms with Crippen molar-refractivity contribution in [2.24, 2.45) is 5.73 Å². The minimum absolute atomic E-state index is 0.00901. The Morgan fingerprint density at radius 2 is 1.78 bits per heavy atom. The Balaban J connectivity index is 2.06. The normalized spacial score (nSPS) is 23.7. The Labute approximate surface area is 104 Å². The zero-order chi connectivity index (χ0) is 13.1. The van der Waals surface area contributed by atoms with Crippen LogP contribution < -0.4 is 11.1 Å². The molecule has 0 saturated heterocycles. The Morgan fingerprint density at radius 3 is 2.39 bits per heavy atom. The lowest BCUT2D eigenvalue weighted by atomic mass is 9.91. The molecule has 0 heterocycles. The van der Waals surface area contributed by atoms with Gasteiger partial charge in [0.25, 0.3) is 5.91 Å². The van der Waals surface area contributed by atoms with Gasteiger partial charge in [-0.3, -0.25) is 4.79 Å². The van der Waals surface area contributed by atoms with Crippen molar-refractivity contribution in [3.05, 3.63) is 35.4 Å². The van der Waals surface area contributed by atoms with Crippen LogP contribution in [0.15, 0.2) is 18.2 Å². The van der Waals surface area contributed by atoms with E-state index in [1.807, 2.05) is 0 Å². The summed E-state index contributed by atoms with van der Waals surface area (Å²) in [5, 5.41) is 2.74. The van der Waals surface area contributed by atoms with Crippen LogP contribution >= 0.6 is 0 Å². The molecule has 0 unspecified atom stereocenters. The summed E-state index contributed by atoms with van der Waals surface area (Å²) in [6.07, 6.45) is 3.74. The molecule has 0 spiro atoms. The fourth-order valence-corrected chi connectivity index (χ4v) is 2.28. The van der Waals surface area contributed by atoms with Crippen LogP contribution in [-0.2, 0) is 0 Å². The molecule has 18 heavy (non-hydrogen) atoms. The van der Waals surface area contributed by atoms with Gasteiger partial charge in [-0.25, -0.2) is 8.78 Å². The zero-order valence-corrected chi connectivity index (χ0v) is 9.96. The second kappa shape index (κ2) is 5.44. The average Bonchev–Trinajstić information content (AvgIpc) is 2.31. The van der Waals surface area contributed by atoms with Crippen LogP contribution in [0, 0.1) is 11.6 Å². The molecule has 3 nitrogen and oxygen atoms in total. The molecule has 1 fully saturated rings. The molecule has 1 aromatic rings. The maximum Gasteiger partial charge on any atom is 0.251 e. The topological polar surface area (TPSA) is 55.1 Å². The van der Waals surface area contributed by atoms with Crippen molar-refractivity contribution in [1.29, 1.82) is 0 Å². The molecule has 2 rings (SSSR count). The number of hydrogen-bond donors (Lipinski definition) is 2. The molecule has 1 aliphatic rings. The smallest absolute Gasteiger partial charge is 0.251 e. The van der Waals surface area contributed by atoms with E-state index in [0.29, 0.717) is 0 Å². The third-order valence-corrected chi connectivity index (χ3v) is 3.26. The van der Waals surface area contributed by atoms with Crippen LogP contribution in [0.3, 0.4) is 0 Å². The maximum atomic E-state index is 13.0. The van der Waals surface area contributed by atoms with Crippen LogP contribution in [0.25, 0.3) is 0 Å². The summed E-state index contributed by atoms with van der Waals surface area (Å²) in [6, 6.07) is 2.58. The lowest BCUT2D eigenvalue weighted by molar-refractivity contribution is 0.0920. The van der Waals surface area contributed by atoms with E-state index in [4.69, 9.17) is 5.73 Å². The predicted molar refractivity (Wildman–Crippen MR) is 64.1 cm³/mol. The first-order valence-electron chi connectivity index (χ1n) is 6.09. The van der Waals surface area contributed by atoms with Crippen molar-refractivity contribution in [2.45, 2.75) is 37.8 Å². The summed E-state index contributed by atoms with van der Waals surface area (Å²) in [5.74, 6) is -1.99. The van der Waals surface area contributed by atoms with Crippen molar-refractivity contribution >= 4 is 5.91 Å². The van der Waals surface area contributed by atoms with Gasteiger partial charge in [-0.05, 0) is 25.0 Å². The highest BCUT2D eigenvalue weighted by atomic mass is 19.1. The number of hydrogen-bond acceptors (Lipinski definition) is 2. The van der Waals surface area contributed by atoms with Crippen molar-refractivity contribution in [1.82, 2.24) is 5.32 Å². The average molecular weight is 254 g/mol. The minimum atomic E-state index is -0.756. The number of rotatable bonds is 2. The van der Waals surface area contributed by atoms with E-state index in [9.17, 15) is 13.6 Å². The number of benzene rings is 1. The molecule has 2 atom stereocenters. The van der Waals surface area contributed by atoms with Crippen LogP contribution in [0.5, 0.6) is 0 Å². The Morgan fingerprint density at radius 1 is 1.17 bits per heavy atom. The highest BCUT2D eigenvalue weighted by Crippen LogP contribution is 2.17.